The Morgan fingerprint density at radius 2 is 2.18 bits per heavy atom. The number of nitrogens with zero attached hydrogens (tertiary/aromatic N) is 1. The van der Waals surface area contributed by atoms with Gasteiger partial charge in [-0.15, -0.1) is 0 Å². The molecule has 1 heterocycles. The highest BCUT2D eigenvalue weighted by Gasteiger charge is 2.14. The predicted molar refractivity (Wildman–Crippen MR) is 66.8 cm³/mol. The average molecular weight is 316 g/mol. The van der Waals surface area contributed by atoms with Gasteiger partial charge < -0.3 is 0 Å². The molecule has 2 N–H and O–H groups in total. The SMILES string of the molecule is O=S(=O)(NCc1cccc(Br)c1)c1ccn[nH]1. The van der Waals surface area contributed by atoms with Gasteiger partial charge in [0.15, 0.2) is 5.03 Å². The molecule has 0 saturated carbocycles. The third-order valence-electron chi connectivity index (χ3n) is 2.12. The second-order valence-corrected chi connectivity index (χ2v) is 6.03. The van der Waals surface area contributed by atoms with Crippen LogP contribution in [0, 0.1) is 0 Å². The summed E-state index contributed by atoms with van der Waals surface area (Å²) in [5.74, 6) is 0. The fourth-order valence-electron chi connectivity index (χ4n) is 1.30. The summed E-state index contributed by atoms with van der Waals surface area (Å²) in [6, 6.07) is 8.84. The van der Waals surface area contributed by atoms with Crippen molar-refractivity contribution in [1.82, 2.24) is 14.9 Å². The maximum Gasteiger partial charge on any atom is 0.257 e. The molecule has 0 spiro atoms. The number of aromatic nitrogens is 2. The number of halogens is 1. The van der Waals surface area contributed by atoms with Crippen molar-refractivity contribution in [1.29, 1.82) is 0 Å². The molecule has 0 bridgehead atoms. The van der Waals surface area contributed by atoms with Crippen molar-refractivity contribution in [2.75, 3.05) is 0 Å². The van der Waals surface area contributed by atoms with Gasteiger partial charge in [-0.05, 0) is 23.8 Å². The molecule has 0 aliphatic carbocycles. The first-order chi connectivity index (χ1) is 8.08. The van der Waals surface area contributed by atoms with Gasteiger partial charge >= 0.3 is 0 Å². The number of rotatable bonds is 4. The molecule has 5 nitrogen and oxygen atoms in total. The third-order valence-corrected chi connectivity index (χ3v) is 3.94. The molecule has 0 amide bonds. The number of hydrogen-bond acceptors (Lipinski definition) is 3. The Labute approximate surface area is 107 Å². The summed E-state index contributed by atoms with van der Waals surface area (Å²) in [6.45, 7) is 0.237. The molecule has 2 aromatic rings. The molecular weight excluding hydrogens is 306 g/mol. The molecule has 90 valence electrons. The normalized spacial score (nSPS) is 11.6. The van der Waals surface area contributed by atoms with E-state index in [9.17, 15) is 8.42 Å². The Hall–Kier alpha value is -1.18. The lowest BCUT2D eigenvalue weighted by molar-refractivity contribution is 0.577. The van der Waals surface area contributed by atoms with Gasteiger partial charge in [0, 0.05) is 11.0 Å². The topological polar surface area (TPSA) is 74.8 Å². The van der Waals surface area contributed by atoms with E-state index in [0.29, 0.717) is 0 Å². The fraction of sp³-hybridized carbons (Fsp3) is 0.100. The van der Waals surface area contributed by atoms with Crippen LogP contribution >= 0.6 is 15.9 Å². The molecule has 1 aromatic carbocycles. The van der Waals surface area contributed by atoms with E-state index in [1.165, 1.54) is 12.3 Å². The molecule has 7 heteroatoms. The molecule has 17 heavy (non-hydrogen) atoms. The van der Waals surface area contributed by atoms with E-state index in [4.69, 9.17) is 0 Å². The molecule has 1 aromatic heterocycles. The van der Waals surface area contributed by atoms with Gasteiger partial charge in [-0.3, -0.25) is 5.10 Å². The van der Waals surface area contributed by atoms with E-state index in [1.807, 2.05) is 24.3 Å². The van der Waals surface area contributed by atoms with E-state index in [-0.39, 0.29) is 11.6 Å². The number of aromatic amines is 1. The van der Waals surface area contributed by atoms with Crippen molar-refractivity contribution in [3.63, 3.8) is 0 Å². The maximum absolute atomic E-state index is 11.8. The molecule has 0 aliphatic rings. The minimum absolute atomic E-state index is 0.0625. The predicted octanol–water partition coefficient (Wildman–Crippen LogP) is 1.65. The zero-order chi connectivity index (χ0) is 12.3. The molecule has 0 saturated heterocycles. The van der Waals surface area contributed by atoms with E-state index in [1.54, 1.807) is 0 Å². The van der Waals surface area contributed by atoms with Crippen molar-refractivity contribution in [3.8, 4) is 0 Å². The summed E-state index contributed by atoms with van der Waals surface area (Å²) in [5, 5.41) is 6.08. The number of sulfonamides is 1. The van der Waals surface area contributed by atoms with Crippen molar-refractivity contribution in [2.24, 2.45) is 0 Å². The quantitative estimate of drug-likeness (QED) is 0.901. The first-order valence-corrected chi connectivity index (χ1v) is 7.09. The fourth-order valence-corrected chi connectivity index (χ4v) is 2.67. The molecule has 2 rings (SSSR count). The lowest BCUT2D eigenvalue weighted by atomic mass is 10.2. The first-order valence-electron chi connectivity index (χ1n) is 4.81. The Morgan fingerprint density at radius 1 is 1.35 bits per heavy atom. The van der Waals surface area contributed by atoms with Crippen LogP contribution in [-0.2, 0) is 16.6 Å². The van der Waals surface area contributed by atoms with Crippen LogP contribution in [0.15, 0.2) is 46.0 Å². The molecular formula is C10H10BrN3O2S. The number of hydrogen-bond donors (Lipinski definition) is 2. The van der Waals surface area contributed by atoms with Gasteiger partial charge in [0.1, 0.15) is 0 Å². The standard InChI is InChI=1S/C10H10BrN3O2S/c11-9-3-1-2-8(6-9)7-13-17(15,16)10-4-5-12-14-10/h1-6,13H,7H2,(H,12,14). The van der Waals surface area contributed by atoms with Crippen LogP contribution in [0.2, 0.25) is 0 Å². The summed E-state index contributed by atoms with van der Waals surface area (Å²) in [4.78, 5) is 0. The average Bonchev–Trinajstić information content (AvgIpc) is 2.81. The zero-order valence-electron chi connectivity index (χ0n) is 8.72. The number of benzene rings is 1. The zero-order valence-corrected chi connectivity index (χ0v) is 11.1. The Kier molecular flexibility index (Phi) is 3.60. The summed E-state index contributed by atoms with van der Waals surface area (Å²) in [7, 11) is -3.51. The lowest BCUT2D eigenvalue weighted by Gasteiger charge is -2.05. The smallest absolute Gasteiger partial charge is 0.257 e. The Balaban J connectivity index is 2.08. The van der Waals surface area contributed by atoms with Gasteiger partial charge in [0.05, 0.1) is 6.20 Å². The summed E-state index contributed by atoms with van der Waals surface area (Å²) >= 11 is 3.33. The van der Waals surface area contributed by atoms with Crippen LogP contribution in [0.5, 0.6) is 0 Å². The van der Waals surface area contributed by atoms with Gasteiger partial charge in [-0.25, -0.2) is 13.1 Å². The van der Waals surface area contributed by atoms with Crippen LogP contribution in [0.1, 0.15) is 5.56 Å². The Morgan fingerprint density at radius 3 is 2.82 bits per heavy atom. The highest BCUT2D eigenvalue weighted by Crippen LogP contribution is 2.12. The summed E-state index contributed by atoms with van der Waals surface area (Å²) in [5.41, 5.74) is 0.877. The van der Waals surface area contributed by atoms with Crippen molar-refractivity contribution in [2.45, 2.75) is 11.6 Å². The van der Waals surface area contributed by atoms with E-state index in [2.05, 4.69) is 30.8 Å². The molecule has 0 atom stereocenters. The van der Waals surface area contributed by atoms with E-state index >= 15 is 0 Å². The molecule has 0 unspecified atom stereocenters. The van der Waals surface area contributed by atoms with Crippen molar-refractivity contribution < 1.29 is 8.42 Å². The van der Waals surface area contributed by atoms with Crippen LogP contribution in [0.3, 0.4) is 0 Å². The van der Waals surface area contributed by atoms with Crippen molar-refractivity contribution in [3.05, 3.63) is 46.6 Å². The minimum atomic E-state index is -3.51. The molecule has 0 aliphatic heterocycles. The van der Waals surface area contributed by atoms with Crippen LogP contribution < -0.4 is 4.72 Å². The largest absolute Gasteiger partial charge is 0.266 e. The van der Waals surface area contributed by atoms with Crippen LogP contribution in [-0.4, -0.2) is 18.6 Å². The van der Waals surface area contributed by atoms with E-state index < -0.39 is 10.0 Å². The second-order valence-electron chi connectivity index (χ2n) is 3.38. The lowest BCUT2D eigenvalue weighted by Crippen LogP contribution is -2.23. The van der Waals surface area contributed by atoms with Crippen LogP contribution in [0.4, 0.5) is 0 Å². The second kappa shape index (κ2) is 4.99. The van der Waals surface area contributed by atoms with Crippen molar-refractivity contribution >= 4 is 26.0 Å². The highest BCUT2D eigenvalue weighted by atomic mass is 79.9. The van der Waals surface area contributed by atoms with Gasteiger partial charge in [-0.1, -0.05) is 28.1 Å². The van der Waals surface area contributed by atoms with Gasteiger partial charge in [-0.2, -0.15) is 5.10 Å². The van der Waals surface area contributed by atoms with Gasteiger partial charge in [0.25, 0.3) is 10.0 Å². The molecule has 0 fully saturated rings. The maximum atomic E-state index is 11.8. The van der Waals surface area contributed by atoms with Crippen LogP contribution in [0.25, 0.3) is 0 Å². The minimum Gasteiger partial charge on any atom is -0.266 e. The highest BCUT2D eigenvalue weighted by molar-refractivity contribution is 9.10. The molecule has 0 radical (unpaired) electrons. The summed E-state index contributed by atoms with van der Waals surface area (Å²) < 4.78 is 26.9. The summed E-state index contributed by atoms with van der Waals surface area (Å²) in [6.07, 6.45) is 1.40. The first kappa shape index (κ1) is 12.3. The third kappa shape index (κ3) is 3.15. The monoisotopic (exact) mass is 315 g/mol. The van der Waals surface area contributed by atoms with Gasteiger partial charge in [0.2, 0.25) is 0 Å². The number of H-pyrrole nitrogens is 1. The van der Waals surface area contributed by atoms with E-state index in [0.717, 1.165) is 10.0 Å². The number of nitrogens with one attached hydrogen (secondary N) is 2. The Bertz CT molecular complexity index is 596.